The van der Waals surface area contributed by atoms with Gasteiger partial charge in [-0.2, -0.15) is 0 Å². The summed E-state index contributed by atoms with van der Waals surface area (Å²) in [6.07, 6.45) is -3.22. The molecule has 6 heteroatoms. The third-order valence-corrected chi connectivity index (χ3v) is 2.36. The monoisotopic (exact) mass is 162 g/mol. The second-order valence-corrected chi connectivity index (χ2v) is 3.24. The third-order valence-electron chi connectivity index (χ3n) is 1.23. The van der Waals surface area contributed by atoms with Gasteiger partial charge in [-0.3, -0.25) is 9.59 Å². The number of hydrogen-bond donors (Lipinski definition) is 2. The smallest absolute Gasteiger partial charge is 0.324 e. The standard InChI is InChI=1S/C4H6O5Si/c5-1-2(6)4(8)10-9-3(1)7/h1-2,5-6H,10H2. The van der Waals surface area contributed by atoms with E-state index in [4.69, 9.17) is 10.2 Å². The van der Waals surface area contributed by atoms with Crippen LogP contribution in [0.25, 0.3) is 0 Å². The van der Waals surface area contributed by atoms with Gasteiger partial charge in [0.15, 0.2) is 11.5 Å². The van der Waals surface area contributed by atoms with Crippen LogP contribution in [-0.4, -0.2) is 43.6 Å². The van der Waals surface area contributed by atoms with Crippen LogP contribution in [0.15, 0.2) is 0 Å². The predicted molar refractivity (Wildman–Crippen MR) is 31.7 cm³/mol. The zero-order chi connectivity index (χ0) is 7.72. The molecular weight excluding hydrogens is 156 g/mol. The highest BCUT2D eigenvalue weighted by molar-refractivity contribution is 6.72. The molecule has 0 aliphatic carbocycles. The van der Waals surface area contributed by atoms with E-state index in [0.29, 0.717) is 0 Å². The molecule has 0 saturated carbocycles. The maximum absolute atomic E-state index is 10.5. The van der Waals surface area contributed by atoms with Crippen LogP contribution in [0.4, 0.5) is 0 Å². The maximum atomic E-state index is 10.5. The van der Waals surface area contributed by atoms with Crippen molar-refractivity contribution in [1.29, 1.82) is 0 Å². The summed E-state index contributed by atoms with van der Waals surface area (Å²) in [5.41, 5.74) is 0. The fraction of sp³-hybridized carbons (Fsp3) is 0.500. The lowest BCUT2D eigenvalue weighted by atomic mass is 10.2. The van der Waals surface area contributed by atoms with Crippen molar-refractivity contribution in [2.45, 2.75) is 12.2 Å². The predicted octanol–water partition coefficient (Wildman–Crippen LogP) is -3.12. The van der Waals surface area contributed by atoms with Gasteiger partial charge in [0.2, 0.25) is 0 Å². The average molecular weight is 162 g/mol. The maximum Gasteiger partial charge on any atom is 0.324 e. The summed E-state index contributed by atoms with van der Waals surface area (Å²) in [6, 6.07) is 0. The van der Waals surface area contributed by atoms with Gasteiger partial charge in [-0.25, -0.2) is 0 Å². The second kappa shape index (κ2) is 2.49. The Morgan fingerprint density at radius 2 is 1.90 bits per heavy atom. The van der Waals surface area contributed by atoms with Gasteiger partial charge in [-0.1, -0.05) is 0 Å². The third kappa shape index (κ3) is 1.08. The molecule has 10 heavy (non-hydrogen) atoms. The molecule has 1 rings (SSSR count). The minimum atomic E-state index is -1.67. The molecule has 0 bridgehead atoms. The summed E-state index contributed by atoms with van der Waals surface area (Å²) in [4.78, 5) is 20.9. The van der Waals surface area contributed by atoms with Crippen LogP contribution in [0, 0.1) is 0 Å². The molecule has 1 aliphatic heterocycles. The van der Waals surface area contributed by atoms with E-state index >= 15 is 0 Å². The molecule has 0 aromatic carbocycles. The summed E-state index contributed by atoms with van der Waals surface area (Å²) in [5, 5.41) is 16.9. The Morgan fingerprint density at radius 1 is 1.30 bits per heavy atom. The van der Waals surface area contributed by atoms with E-state index in [0.717, 1.165) is 0 Å². The van der Waals surface area contributed by atoms with Crippen molar-refractivity contribution in [1.82, 2.24) is 0 Å². The van der Waals surface area contributed by atoms with Crippen LogP contribution in [-0.2, 0) is 14.0 Å². The molecule has 2 N–H and O–H groups in total. The van der Waals surface area contributed by atoms with E-state index in [-0.39, 0.29) is 0 Å². The first-order chi connectivity index (χ1) is 4.63. The molecule has 1 fully saturated rings. The van der Waals surface area contributed by atoms with Gasteiger partial charge < -0.3 is 14.6 Å². The summed E-state index contributed by atoms with van der Waals surface area (Å²) in [5.74, 6) is -0.890. The molecule has 0 aromatic heterocycles. The molecule has 0 aromatic rings. The summed E-state index contributed by atoms with van der Waals surface area (Å²) in [7, 11) is -1.59. The highest BCUT2D eigenvalue weighted by Crippen LogP contribution is 2.03. The molecule has 2 unspecified atom stereocenters. The molecule has 2 atom stereocenters. The number of aliphatic hydroxyl groups excluding tert-OH is 2. The number of rotatable bonds is 0. The van der Waals surface area contributed by atoms with Crippen molar-refractivity contribution in [2.75, 3.05) is 0 Å². The van der Waals surface area contributed by atoms with E-state index in [1.54, 1.807) is 0 Å². The quantitative estimate of drug-likeness (QED) is 0.368. The second-order valence-electron chi connectivity index (χ2n) is 1.96. The summed E-state index contributed by atoms with van der Waals surface area (Å²) >= 11 is 0. The molecule has 0 spiro atoms. The Morgan fingerprint density at radius 3 is 2.40 bits per heavy atom. The lowest BCUT2D eigenvalue weighted by molar-refractivity contribution is -0.157. The molecule has 0 amide bonds. The van der Waals surface area contributed by atoms with Gasteiger partial charge in [0.25, 0.3) is 9.76 Å². The van der Waals surface area contributed by atoms with E-state index in [1.807, 2.05) is 0 Å². The van der Waals surface area contributed by atoms with Crippen molar-refractivity contribution in [2.24, 2.45) is 0 Å². The van der Waals surface area contributed by atoms with Gasteiger partial charge in [0.1, 0.15) is 6.10 Å². The Balaban J connectivity index is 2.69. The van der Waals surface area contributed by atoms with Crippen LogP contribution in [0.1, 0.15) is 0 Å². The first-order valence-corrected chi connectivity index (χ1v) is 3.97. The van der Waals surface area contributed by atoms with Crippen molar-refractivity contribution in [3.8, 4) is 0 Å². The fourth-order valence-corrected chi connectivity index (χ4v) is 1.47. The lowest BCUT2D eigenvalue weighted by Gasteiger charge is -2.20. The van der Waals surface area contributed by atoms with Crippen molar-refractivity contribution in [3.05, 3.63) is 0 Å². The van der Waals surface area contributed by atoms with Gasteiger partial charge in [-0.05, 0) is 0 Å². The molecule has 1 heterocycles. The van der Waals surface area contributed by atoms with Crippen molar-refractivity contribution in [3.63, 3.8) is 0 Å². The molecular formula is C4H6O5Si. The van der Waals surface area contributed by atoms with Crippen LogP contribution in [0.2, 0.25) is 0 Å². The van der Waals surface area contributed by atoms with E-state index in [1.165, 1.54) is 0 Å². The van der Waals surface area contributed by atoms with Gasteiger partial charge in [-0.15, -0.1) is 0 Å². The Hall–Kier alpha value is -0.723. The number of carbonyl (C=O) groups is 2. The van der Waals surface area contributed by atoms with Crippen LogP contribution in [0.3, 0.4) is 0 Å². The number of hydrogen-bond acceptors (Lipinski definition) is 5. The first-order valence-electron chi connectivity index (χ1n) is 2.68. The Bertz CT molecular complexity index is 158. The highest BCUT2D eigenvalue weighted by atomic mass is 28.2. The SMILES string of the molecule is O=C1O[SiH2]C(=O)C(O)C1O. The average Bonchev–Trinajstić information content (AvgIpc) is 1.93. The largest absolute Gasteiger partial charge is 0.515 e. The minimum absolute atomic E-state index is 0.535. The van der Waals surface area contributed by atoms with E-state index in [2.05, 4.69) is 4.43 Å². The topological polar surface area (TPSA) is 83.8 Å². The molecule has 1 aliphatic rings. The zero-order valence-corrected chi connectivity index (χ0v) is 6.40. The van der Waals surface area contributed by atoms with Crippen LogP contribution < -0.4 is 0 Å². The molecule has 5 nitrogen and oxygen atoms in total. The normalized spacial score (nSPS) is 36.2. The van der Waals surface area contributed by atoms with Gasteiger partial charge >= 0.3 is 5.97 Å². The Labute approximate surface area is 58.6 Å². The van der Waals surface area contributed by atoms with Crippen molar-refractivity contribution >= 4 is 21.1 Å². The summed E-state index contributed by atoms with van der Waals surface area (Å²) < 4.78 is 4.31. The summed E-state index contributed by atoms with van der Waals surface area (Å²) in [6.45, 7) is 0. The lowest BCUT2D eigenvalue weighted by Crippen LogP contribution is -2.49. The molecule has 1 saturated heterocycles. The van der Waals surface area contributed by atoms with E-state index in [9.17, 15) is 9.59 Å². The number of aliphatic hydroxyl groups is 2. The molecule has 0 radical (unpaired) electrons. The van der Waals surface area contributed by atoms with Crippen LogP contribution in [0.5, 0.6) is 0 Å². The first kappa shape index (κ1) is 7.38. The fourth-order valence-electron chi connectivity index (χ4n) is 0.618. The van der Waals surface area contributed by atoms with E-state index < -0.39 is 33.3 Å². The zero-order valence-electron chi connectivity index (χ0n) is 4.98. The Kier molecular flexibility index (Phi) is 1.84. The van der Waals surface area contributed by atoms with Crippen LogP contribution >= 0.6 is 0 Å². The van der Waals surface area contributed by atoms with Gasteiger partial charge in [0, 0.05) is 0 Å². The molecule has 56 valence electrons. The van der Waals surface area contributed by atoms with Crippen molar-refractivity contribution < 1.29 is 24.2 Å². The minimum Gasteiger partial charge on any atom is -0.515 e. The number of carbonyl (C=O) groups excluding carboxylic acids is 2. The van der Waals surface area contributed by atoms with Gasteiger partial charge in [0.05, 0.1) is 0 Å². The highest BCUT2D eigenvalue weighted by Gasteiger charge is 2.36.